The van der Waals surface area contributed by atoms with Crippen LogP contribution in [0.1, 0.15) is 17.7 Å². The number of halogens is 1. The molecule has 1 atom stereocenters. The number of thiophene rings is 1. The quantitative estimate of drug-likeness (QED) is 0.568. The van der Waals surface area contributed by atoms with Crippen molar-refractivity contribution >= 4 is 22.9 Å². The SMILES string of the molecule is C#CC(C)c1cc(Cl)cs1. The minimum absolute atomic E-state index is 0.192. The van der Waals surface area contributed by atoms with Crippen LogP contribution >= 0.6 is 22.9 Å². The average Bonchev–Trinajstić information content (AvgIpc) is 2.34. The fourth-order valence-electron chi connectivity index (χ4n) is 0.637. The molecular weight excluding hydrogens is 164 g/mol. The van der Waals surface area contributed by atoms with Crippen LogP contribution in [-0.2, 0) is 0 Å². The zero-order valence-corrected chi connectivity index (χ0v) is 7.17. The van der Waals surface area contributed by atoms with Crippen molar-refractivity contribution in [1.29, 1.82) is 0 Å². The summed E-state index contributed by atoms with van der Waals surface area (Å²) >= 11 is 7.31. The molecule has 1 aromatic rings. The third kappa shape index (κ3) is 1.53. The van der Waals surface area contributed by atoms with Gasteiger partial charge in [0.05, 0.1) is 10.9 Å². The summed E-state index contributed by atoms with van der Waals surface area (Å²) in [5.41, 5.74) is 0. The molecule has 0 fully saturated rings. The molecule has 1 aromatic heterocycles. The summed E-state index contributed by atoms with van der Waals surface area (Å²) < 4.78 is 0. The Morgan fingerprint density at radius 1 is 1.80 bits per heavy atom. The molecule has 0 radical (unpaired) electrons. The molecule has 0 saturated carbocycles. The highest BCUT2D eigenvalue weighted by atomic mass is 35.5. The molecule has 0 N–H and O–H groups in total. The fraction of sp³-hybridized carbons (Fsp3) is 0.250. The lowest BCUT2D eigenvalue weighted by Crippen LogP contribution is -1.81. The maximum absolute atomic E-state index is 5.70. The van der Waals surface area contributed by atoms with Crippen LogP contribution in [0.5, 0.6) is 0 Å². The van der Waals surface area contributed by atoms with Crippen LogP contribution in [0.25, 0.3) is 0 Å². The van der Waals surface area contributed by atoms with Gasteiger partial charge in [0.2, 0.25) is 0 Å². The van der Waals surface area contributed by atoms with Crippen LogP contribution < -0.4 is 0 Å². The molecule has 0 aliphatic rings. The van der Waals surface area contributed by atoms with E-state index in [0.29, 0.717) is 0 Å². The van der Waals surface area contributed by atoms with Gasteiger partial charge in [-0.1, -0.05) is 17.5 Å². The van der Waals surface area contributed by atoms with Crippen LogP contribution in [0.15, 0.2) is 11.4 Å². The molecule has 0 aliphatic heterocycles. The van der Waals surface area contributed by atoms with Crippen molar-refractivity contribution in [2.45, 2.75) is 12.8 Å². The molecule has 0 bridgehead atoms. The first-order chi connectivity index (χ1) is 4.74. The van der Waals surface area contributed by atoms with Crippen molar-refractivity contribution < 1.29 is 0 Å². The van der Waals surface area contributed by atoms with Gasteiger partial charge in [0.15, 0.2) is 0 Å². The van der Waals surface area contributed by atoms with E-state index in [1.165, 1.54) is 0 Å². The maximum atomic E-state index is 5.70. The first-order valence-electron chi connectivity index (χ1n) is 2.94. The number of hydrogen-bond acceptors (Lipinski definition) is 1. The third-order valence-electron chi connectivity index (χ3n) is 1.26. The molecule has 0 aliphatic carbocycles. The van der Waals surface area contributed by atoms with Crippen molar-refractivity contribution in [3.8, 4) is 12.3 Å². The second-order valence-electron chi connectivity index (χ2n) is 2.06. The molecule has 1 unspecified atom stereocenters. The summed E-state index contributed by atoms with van der Waals surface area (Å²) in [6.45, 7) is 1.99. The minimum atomic E-state index is 0.192. The molecule has 1 rings (SSSR count). The van der Waals surface area contributed by atoms with Crippen LogP contribution in [0.4, 0.5) is 0 Å². The Labute approximate surface area is 69.8 Å². The second kappa shape index (κ2) is 3.09. The molecule has 2 heteroatoms. The van der Waals surface area contributed by atoms with E-state index < -0.39 is 0 Å². The van der Waals surface area contributed by atoms with Crippen molar-refractivity contribution in [2.24, 2.45) is 0 Å². The second-order valence-corrected chi connectivity index (χ2v) is 3.43. The van der Waals surface area contributed by atoms with Crippen LogP contribution in [0, 0.1) is 12.3 Å². The molecule has 0 saturated heterocycles. The summed E-state index contributed by atoms with van der Waals surface area (Å²) in [6, 6.07) is 1.91. The maximum Gasteiger partial charge on any atom is 0.0516 e. The third-order valence-corrected chi connectivity index (χ3v) is 2.73. The molecule has 52 valence electrons. The van der Waals surface area contributed by atoms with Crippen LogP contribution in [-0.4, -0.2) is 0 Å². The van der Waals surface area contributed by atoms with Gasteiger partial charge < -0.3 is 0 Å². The Morgan fingerprint density at radius 3 is 2.90 bits per heavy atom. The van der Waals surface area contributed by atoms with E-state index >= 15 is 0 Å². The Morgan fingerprint density at radius 2 is 2.50 bits per heavy atom. The lowest BCUT2D eigenvalue weighted by molar-refractivity contribution is 1.04. The number of hydrogen-bond donors (Lipinski definition) is 0. The molecule has 0 amide bonds. The Balaban J connectivity index is 2.87. The number of rotatable bonds is 1. The lowest BCUT2D eigenvalue weighted by Gasteiger charge is -1.95. The van der Waals surface area contributed by atoms with Crippen molar-refractivity contribution in [2.75, 3.05) is 0 Å². The van der Waals surface area contributed by atoms with E-state index in [2.05, 4.69) is 5.92 Å². The van der Waals surface area contributed by atoms with E-state index in [1.54, 1.807) is 11.3 Å². The van der Waals surface area contributed by atoms with Gasteiger partial charge in [0, 0.05) is 10.3 Å². The van der Waals surface area contributed by atoms with E-state index in [0.717, 1.165) is 9.90 Å². The highest BCUT2D eigenvalue weighted by Gasteiger charge is 2.03. The Kier molecular flexibility index (Phi) is 2.37. The van der Waals surface area contributed by atoms with Gasteiger partial charge in [-0.15, -0.1) is 17.8 Å². The zero-order valence-electron chi connectivity index (χ0n) is 5.60. The highest BCUT2D eigenvalue weighted by molar-refractivity contribution is 7.10. The Bertz CT molecular complexity index is 256. The molecule has 0 nitrogen and oxygen atoms in total. The zero-order chi connectivity index (χ0) is 7.56. The predicted molar refractivity (Wildman–Crippen MR) is 46.6 cm³/mol. The number of terminal acetylenes is 1. The van der Waals surface area contributed by atoms with Gasteiger partial charge in [-0.3, -0.25) is 0 Å². The van der Waals surface area contributed by atoms with Gasteiger partial charge >= 0.3 is 0 Å². The minimum Gasteiger partial charge on any atom is -0.146 e. The highest BCUT2D eigenvalue weighted by Crippen LogP contribution is 2.25. The largest absolute Gasteiger partial charge is 0.146 e. The monoisotopic (exact) mass is 170 g/mol. The molecule has 1 heterocycles. The van der Waals surface area contributed by atoms with Gasteiger partial charge in [-0.2, -0.15) is 0 Å². The van der Waals surface area contributed by atoms with Crippen molar-refractivity contribution in [3.63, 3.8) is 0 Å². The summed E-state index contributed by atoms with van der Waals surface area (Å²) in [4.78, 5) is 1.16. The van der Waals surface area contributed by atoms with Crippen molar-refractivity contribution in [3.05, 3.63) is 21.3 Å². The molecule has 0 aromatic carbocycles. The smallest absolute Gasteiger partial charge is 0.0516 e. The summed E-state index contributed by atoms with van der Waals surface area (Å²) in [6.07, 6.45) is 5.23. The van der Waals surface area contributed by atoms with Gasteiger partial charge in [0.1, 0.15) is 0 Å². The van der Waals surface area contributed by atoms with E-state index in [9.17, 15) is 0 Å². The average molecular weight is 171 g/mol. The topological polar surface area (TPSA) is 0 Å². The standard InChI is InChI=1S/C8H7ClS/c1-3-6(2)8-4-7(9)5-10-8/h1,4-6H,2H3. The van der Waals surface area contributed by atoms with Gasteiger partial charge in [0.25, 0.3) is 0 Å². The normalized spacial score (nSPS) is 12.5. The van der Waals surface area contributed by atoms with E-state index in [-0.39, 0.29) is 5.92 Å². The van der Waals surface area contributed by atoms with Crippen LogP contribution in [0.2, 0.25) is 5.02 Å². The predicted octanol–water partition coefficient (Wildman–Crippen LogP) is 3.14. The first-order valence-corrected chi connectivity index (χ1v) is 4.20. The molecule has 10 heavy (non-hydrogen) atoms. The molecular formula is C8H7ClS. The summed E-state index contributed by atoms with van der Waals surface area (Å²) in [5, 5.41) is 2.67. The van der Waals surface area contributed by atoms with Gasteiger partial charge in [-0.05, 0) is 13.0 Å². The summed E-state index contributed by atoms with van der Waals surface area (Å²) in [7, 11) is 0. The fourth-order valence-corrected chi connectivity index (χ4v) is 1.74. The lowest BCUT2D eigenvalue weighted by atomic mass is 10.1. The summed E-state index contributed by atoms with van der Waals surface area (Å²) in [5.74, 6) is 2.84. The van der Waals surface area contributed by atoms with E-state index in [4.69, 9.17) is 18.0 Å². The molecule has 0 spiro atoms. The first kappa shape index (κ1) is 7.65. The van der Waals surface area contributed by atoms with Crippen LogP contribution in [0.3, 0.4) is 0 Å². The van der Waals surface area contributed by atoms with E-state index in [1.807, 2.05) is 18.4 Å². The van der Waals surface area contributed by atoms with Crippen molar-refractivity contribution in [1.82, 2.24) is 0 Å². The van der Waals surface area contributed by atoms with Gasteiger partial charge in [-0.25, -0.2) is 0 Å². The Hall–Kier alpha value is -0.450.